The van der Waals surface area contributed by atoms with Crippen LogP contribution in [0.4, 0.5) is 0 Å². The molecule has 1 aromatic carbocycles. The second kappa shape index (κ2) is 12.3. The van der Waals surface area contributed by atoms with E-state index in [1.165, 1.54) is 50.2 Å². The van der Waals surface area contributed by atoms with Crippen LogP contribution in [0.2, 0.25) is 0 Å². The molecule has 11 heteroatoms. The van der Waals surface area contributed by atoms with Crippen molar-refractivity contribution < 1.29 is 38.2 Å². The summed E-state index contributed by atoms with van der Waals surface area (Å²) in [6, 6.07) is 8.86. The van der Waals surface area contributed by atoms with E-state index in [1.54, 1.807) is 6.92 Å². The Morgan fingerprint density at radius 3 is 2.37 bits per heavy atom. The summed E-state index contributed by atoms with van der Waals surface area (Å²) in [6.45, 7) is 4.66. The van der Waals surface area contributed by atoms with Crippen molar-refractivity contribution in [3.8, 4) is 5.75 Å². The van der Waals surface area contributed by atoms with Crippen LogP contribution < -0.4 is 10.5 Å². The van der Waals surface area contributed by atoms with Crippen molar-refractivity contribution >= 4 is 40.4 Å². The number of carbonyl (C=O) groups excluding carboxylic acids is 4. The van der Waals surface area contributed by atoms with Gasteiger partial charge < -0.3 is 24.7 Å². The Hall–Kier alpha value is -3.44. The predicted molar refractivity (Wildman–Crippen MR) is 128 cm³/mol. The number of hydrogen-bond acceptors (Lipinski definition) is 10. The maximum absolute atomic E-state index is 13.0. The van der Waals surface area contributed by atoms with Crippen molar-refractivity contribution in [2.75, 3.05) is 12.4 Å². The number of rotatable bonds is 12. The number of esters is 2. The summed E-state index contributed by atoms with van der Waals surface area (Å²) in [7, 11) is 0. The number of aliphatic hydroxyl groups is 1. The summed E-state index contributed by atoms with van der Waals surface area (Å²) in [4.78, 5) is 49.9. The van der Waals surface area contributed by atoms with Crippen LogP contribution in [0.5, 0.6) is 5.75 Å². The third-order valence-electron chi connectivity index (χ3n) is 4.92. The number of hydrogen-bond donors (Lipinski definition) is 3. The highest BCUT2D eigenvalue weighted by molar-refractivity contribution is 8.13. The first kappa shape index (κ1) is 27.8. The second-order valence-corrected chi connectivity index (χ2v) is 8.95. The Morgan fingerprint density at radius 2 is 1.80 bits per heavy atom. The van der Waals surface area contributed by atoms with Crippen molar-refractivity contribution in [3.05, 3.63) is 53.5 Å². The van der Waals surface area contributed by atoms with Gasteiger partial charge in [0.25, 0.3) is 0 Å². The van der Waals surface area contributed by atoms with Crippen LogP contribution in [-0.4, -0.2) is 51.7 Å². The lowest BCUT2D eigenvalue weighted by atomic mass is 9.85. The van der Waals surface area contributed by atoms with Gasteiger partial charge in [0.1, 0.15) is 17.3 Å². The van der Waals surface area contributed by atoms with E-state index in [2.05, 4.69) is 0 Å². The number of nitrogens with two attached hydrogens (primary N) is 1. The van der Waals surface area contributed by atoms with Gasteiger partial charge in [-0.3, -0.25) is 15.0 Å². The minimum absolute atomic E-state index is 0.0454. The molecular weight excluding hydrogens is 476 g/mol. The lowest BCUT2D eigenvalue weighted by Gasteiger charge is -2.26. The van der Waals surface area contributed by atoms with Crippen molar-refractivity contribution in [1.29, 1.82) is 5.41 Å². The van der Waals surface area contributed by atoms with Crippen molar-refractivity contribution in [2.45, 2.75) is 39.2 Å². The normalized spacial score (nSPS) is 13.4. The number of amidine groups is 1. The van der Waals surface area contributed by atoms with E-state index in [0.29, 0.717) is 11.3 Å². The SMILES string of the molecule is CCOC(=O)[C@](O)(CC(=O)SCC)C(=O)C(C)Cc1ccc(C(=O)Oc2ccc(C(=N)N)cc2)o1. The van der Waals surface area contributed by atoms with Gasteiger partial charge in [0, 0.05) is 17.9 Å². The molecule has 1 unspecified atom stereocenters. The fourth-order valence-electron chi connectivity index (χ4n) is 3.19. The van der Waals surface area contributed by atoms with Crippen molar-refractivity contribution in [1.82, 2.24) is 0 Å². The number of benzene rings is 1. The molecule has 188 valence electrons. The van der Waals surface area contributed by atoms with Gasteiger partial charge in [-0.15, -0.1) is 0 Å². The molecule has 0 bridgehead atoms. The Bertz CT molecular complexity index is 1100. The van der Waals surface area contributed by atoms with Gasteiger partial charge in [-0.05, 0) is 49.1 Å². The van der Waals surface area contributed by atoms with E-state index in [-0.39, 0.29) is 36.1 Å². The minimum Gasteiger partial charge on any atom is -0.464 e. The van der Waals surface area contributed by atoms with Gasteiger partial charge in [0.15, 0.2) is 10.9 Å². The first-order valence-electron chi connectivity index (χ1n) is 10.9. The summed E-state index contributed by atoms with van der Waals surface area (Å²) >= 11 is 0.891. The molecule has 0 saturated heterocycles. The molecule has 0 radical (unpaired) electrons. The number of ether oxygens (including phenoxy) is 2. The number of carbonyl (C=O) groups is 4. The summed E-state index contributed by atoms with van der Waals surface area (Å²) in [6.07, 6.45) is -0.748. The third-order valence-corrected chi connectivity index (χ3v) is 5.67. The highest BCUT2D eigenvalue weighted by Gasteiger charge is 2.48. The van der Waals surface area contributed by atoms with Crippen LogP contribution >= 0.6 is 11.8 Å². The highest BCUT2D eigenvalue weighted by atomic mass is 32.2. The van der Waals surface area contributed by atoms with E-state index >= 15 is 0 Å². The van der Waals surface area contributed by atoms with Gasteiger partial charge in [-0.2, -0.15) is 0 Å². The molecule has 0 spiro atoms. The van der Waals surface area contributed by atoms with Crippen LogP contribution in [0.15, 0.2) is 40.8 Å². The fraction of sp³-hybridized carbons (Fsp3) is 0.375. The standard InChI is InChI=1S/C24H28N2O8S/c1-4-32-23(30)24(31,13-19(27)35-5-2)20(28)14(3)12-17-10-11-18(33-17)22(29)34-16-8-6-15(7-9-16)21(25)26/h6-11,14,31H,4-5,12-13H2,1-3H3,(H3,25,26)/t14?,24-/m0/s1. The van der Waals surface area contributed by atoms with Crippen molar-refractivity contribution in [2.24, 2.45) is 11.7 Å². The molecule has 2 rings (SSSR count). The topological polar surface area (TPSA) is 170 Å². The van der Waals surface area contributed by atoms with E-state index in [4.69, 9.17) is 25.0 Å². The quantitative estimate of drug-likeness (QED) is 0.128. The van der Waals surface area contributed by atoms with Gasteiger partial charge in [0.2, 0.25) is 11.4 Å². The minimum atomic E-state index is -2.62. The van der Waals surface area contributed by atoms with Gasteiger partial charge >= 0.3 is 11.9 Å². The van der Waals surface area contributed by atoms with Gasteiger partial charge in [0.05, 0.1) is 13.0 Å². The Kier molecular flexibility index (Phi) is 9.78. The number of Topliss-reactive ketones (excluding diaryl/α,β-unsaturated/α-hetero) is 1. The maximum atomic E-state index is 13.0. The van der Waals surface area contributed by atoms with E-state index in [1.807, 2.05) is 0 Å². The zero-order valence-electron chi connectivity index (χ0n) is 19.7. The molecule has 4 N–H and O–H groups in total. The molecule has 0 aliphatic rings. The molecule has 0 amide bonds. The number of nitrogens with one attached hydrogen (secondary N) is 1. The monoisotopic (exact) mass is 504 g/mol. The smallest absolute Gasteiger partial charge is 0.379 e. The van der Waals surface area contributed by atoms with Crippen LogP contribution in [0.3, 0.4) is 0 Å². The first-order chi connectivity index (χ1) is 16.5. The number of furan rings is 1. The molecule has 0 fully saturated rings. The third kappa shape index (κ3) is 7.27. The second-order valence-electron chi connectivity index (χ2n) is 7.63. The lowest BCUT2D eigenvalue weighted by molar-refractivity contribution is -0.173. The molecule has 1 heterocycles. The van der Waals surface area contributed by atoms with Gasteiger partial charge in [-0.25, -0.2) is 9.59 Å². The Labute approximate surface area is 206 Å². The maximum Gasteiger partial charge on any atom is 0.379 e. The van der Waals surface area contributed by atoms with Crippen LogP contribution in [0.1, 0.15) is 49.1 Å². The average molecular weight is 505 g/mol. The number of ketones is 1. The summed E-state index contributed by atoms with van der Waals surface area (Å²) < 4.78 is 15.6. The number of thioether (sulfide) groups is 1. The fourth-order valence-corrected chi connectivity index (χ4v) is 3.82. The average Bonchev–Trinajstić information content (AvgIpc) is 3.27. The predicted octanol–water partition coefficient (Wildman–Crippen LogP) is 2.49. The molecule has 10 nitrogen and oxygen atoms in total. The Balaban J connectivity index is 2.10. The Morgan fingerprint density at radius 1 is 1.14 bits per heavy atom. The molecule has 1 aromatic heterocycles. The molecule has 35 heavy (non-hydrogen) atoms. The first-order valence-corrected chi connectivity index (χ1v) is 11.8. The van der Waals surface area contributed by atoms with Crippen LogP contribution in [0, 0.1) is 11.3 Å². The summed E-state index contributed by atoms with van der Waals surface area (Å²) in [5, 5.41) is 17.7. The zero-order chi connectivity index (χ0) is 26.2. The molecular formula is C24H28N2O8S. The largest absolute Gasteiger partial charge is 0.464 e. The zero-order valence-corrected chi connectivity index (χ0v) is 20.5. The highest BCUT2D eigenvalue weighted by Crippen LogP contribution is 2.25. The molecule has 0 aliphatic heterocycles. The molecule has 2 aromatic rings. The summed E-state index contributed by atoms with van der Waals surface area (Å²) in [5.41, 5.74) is 3.25. The van der Waals surface area contributed by atoms with E-state index in [0.717, 1.165) is 11.8 Å². The molecule has 2 atom stereocenters. The van der Waals surface area contributed by atoms with E-state index < -0.39 is 40.8 Å². The number of nitrogen functional groups attached to an aromatic ring is 1. The summed E-state index contributed by atoms with van der Waals surface area (Å²) in [5.74, 6) is -3.13. The van der Waals surface area contributed by atoms with E-state index in [9.17, 15) is 24.3 Å². The molecule has 0 aliphatic carbocycles. The van der Waals surface area contributed by atoms with Crippen molar-refractivity contribution in [3.63, 3.8) is 0 Å². The lowest BCUT2D eigenvalue weighted by Crippen LogP contribution is -2.51. The van der Waals surface area contributed by atoms with Crippen LogP contribution in [-0.2, 0) is 25.5 Å². The van der Waals surface area contributed by atoms with Crippen LogP contribution in [0.25, 0.3) is 0 Å². The molecule has 0 saturated carbocycles. The van der Waals surface area contributed by atoms with Gasteiger partial charge in [-0.1, -0.05) is 25.6 Å².